The Balaban J connectivity index is 2.40. The van der Waals surface area contributed by atoms with Crippen molar-refractivity contribution < 1.29 is 4.39 Å². The van der Waals surface area contributed by atoms with Gasteiger partial charge in [0.15, 0.2) is 0 Å². The fraction of sp³-hybridized carbons (Fsp3) is 0.500. The molecule has 0 radical (unpaired) electrons. The average molecular weight is 193 g/mol. The van der Waals surface area contributed by atoms with E-state index in [0.717, 1.165) is 30.5 Å². The van der Waals surface area contributed by atoms with Gasteiger partial charge in [0, 0.05) is 12.6 Å². The zero-order valence-electron chi connectivity index (χ0n) is 8.73. The average Bonchev–Trinajstić information content (AvgIpc) is 2.23. The highest BCUT2D eigenvalue weighted by Crippen LogP contribution is 2.23. The van der Waals surface area contributed by atoms with Crippen LogP contribution in [0.25, 0.3) is 0 Å². The number of fused-ring (bicyclic) bond motifs is 1. The summed E-state index contributed by atoms with van der Waals surface area (Å²) in [6, 6.07) is 3.90. The number of hydrogen-bond donors (Lipinski definition) is 1. The Morgan fingerprint density at radius 1 is 1.43 bits per heavy atom. The van der Waals surface area contributed by atoms with Crippen LogP contribution in [0, 0.1) is 12.7 Å². The molecule has 1 N–H and O–H groups in total. The molecular weight excluding hydrogens is 177 g/mol. The molecular formula is C12H16FN. The molecule has 0 aromatic heterocycles. The first-order chi connectivity index (χ1) is 6.72. The summed E-state index contributed by atoms with van der Waals surface area (Å²) >= 11 is 0. The second kappa shape index (κ2) is 3.70. The van der Waals surface area contributed by atoms with Crippen LogP contribution in [-0.2, 0) is 13.0 Å². The van der Waals surface area contributed by atoms with E-state index < -0.39 is 0 Å². The molecule has 0 amide bonds. The first kappa shape index (κ1) is 9.66. The molecule has 0 saturated heterocycles. The highest BCUT2D eigenvalue weighted by molar-refractivity contribution is 5.37. The number of nitrogens with one attached hydrogen (secondary N) is 1. The predicted molar refractivity (Wildman–Crippen MR) is 55.8 cm³/mol. The summed E-state index contributed by atoms with van der Waals surface area (Å²) < 4.78 is 13.5. The van der Waals surface area contributed by atoms with E-state index in [9.17, 15) is 4.39 Å². The summed E-state index contributed by atoms with van der Waals surface area (Å²) in [6.07, 6.45) is 1.90. The number of rotatable bonds is 1. The Morgan fingerprint density at radius 3 is 2.93 bits per heavy atom. The van der Waals surface area contributed by atoms with Crippen LogP contribution in [0.3, 0.4) is 0 Å². The number of hydrogen-bond acceptors (Lipinski definition) is 1. The topological polar surface area (TPSA) is 12.0 Å². The van der Waals surface area contributed by atoms with Crippen LogP contribution in [0.4, 0.5) is 4.39 Å². The second-order valence-corrected chi connectivity index (χ2v) is 4.01. The van der Waals surface area contributed by atoms with E-state index in [4.69, 9.17) is 0 Å². The van der Waals surface area contributed by atoms with Gasteiger partial charge in [-0.15, -0.1) is 0 Å². The highest BCUT2D eigenvalue weighted by atomic mass is 19.1. The first-order valence-electron chi connectivity index (χ1n) is 5.22. The van der Waals surface area contributed by atoms with Gasteiger partial charge in [0.2, 0.25) is 0 Å². The van der Waals surface area contributed by atoms with Crippen LogP contribution in [0.15, 0.2) is 12.1 Å². The predicted octanol–water partition coefficient (Wildman–Crippen LogP) is 2.56. The fourth-order valence-electron chi connectivity index (χ4n) is 2.10. The van der Waals surface area contributed by atoms with Crippen LogP contribution >= 0.6 is 0 Å². The van der Waals surface area contributed by atoms with Crippen molar-refractivity contribution in [2.24, 2.45) is 0 Å². The maximum absolute atomic E-state index is 13.5. The SMILES string of the molecule is CCC1Cc2c(F)ccc(C)c2CN1. The van der Waals surface area contributed by atoms with Gasteiger partial charge < -0.3 is 5.32 Å². The van der Waals surface area contributed by atoms with Crippen LogP contribution in [0.2, 0.25) is 0 Å². The Morgan fingerprint density at radius 2 is 2.21 bits per heavy atom. The molecule has 1 aliphatic rings. The van der Waals surface area contributed by atoms with Crippen molar-refractivity contribution in [2.45, 2.75) is 39.3 Å². The van der Waals surface area contributed by atoms with Crippen molar-refractivity contribution in [2.75, 3.05) is 0 Å². The van der Waals surface area contributed by atoms with Gasteiger partial charge in [0.05, 0.1) is 0 Å². The quantitative estimate of drug-likeness (QED) is 0.722. The molecule has 14 heavy (non-hydrogen) atoms. The van der Waals surface area contributed by atoms with E-state index in [1.54, 1.807) is 6.07 Å². The highest BCUT2D eigenvalue weighted by Gasteiger charge is 2.20. The van der Waals surface area contributed by atoms with Crippen molar-refractivity contribution in [3.05, 3.63) is 34.6 Å². The molecule has 1 aromatic rings. The normalized spacial score (nSPS) is 20.6. The molecule has 76 valence electrons. The van der Waals surface area contributed by atoms with E-state index in [2.05, 4.69) is 12.2 Å². The van der Waals surface area contributed by atoms with Gasteiger partial charge in [-0.05, 0) is 42.5 Å². The molecule has 0 saturated carbocycles. The Labute approximate surface area is 84.3 Å². The van der Waals surface area contributed by atoms with Gasteiger partial charge >= 0.3 is 0 Å². The molecule has 0 bridgehead atoms. The standard InChI is InChI=1S/C12H16FN/c1-3-9-6-10-11(7-14-9)8(2)4-5-12(10)13/h4-5,9,14H,3,6-7H2,1-2H3. The van der Waals surface area contributed by atoms with E-state index in [-0.39, 0.29) is 5.82 Å². The lowest BCUT2D eigenvalue weighted by Crippen LogP contribution is -2.35. The summed E-state index contributed by atoms with van der Waals surface area (Å²) in [7, 11) is 0. The fourth-order valence-corrected chi connectivity index (χ4v) is 2.10. The number of aryl methyl sites for hydroxylation is 1. The summed E-state index contributed by atoms with van der Waals surface area (Å²) in [5.74, 6) is -0.0365. The lowest BCUT2D eigenvalue weighted by Gasteiger charge is -2.26. The maximum Gasteiger partial charge on any atom is 0.126 e. The van der Waals surface area contributed by atoms with E-state index in [1.807, 2.05) is 13.0 Å². The molecule has 2 rings (SSSR count). The van der Waals surface area contributed by atoms with Gasteiger partial charge in [-0.3, -0.25) is 0 Å². The summed E-state index contributed by atoms with van der Waals surface area (Å²) in [6.45, 7) is 5.00. The van der Waals surface area contributed by atoms with Crippen molar-refractivity contribution in [1.29, 1.82) is 0 Å². The van der Waals surface area contributed by atoms with E-state index in [0.29, 0.717) is 6.04 Å². The molecule has 1 aliphatic heterocycles. The molecule has 2 heteroatoms. The van der Waals surface area contributed by atoms with Crippen molar-refractivity contribution in [3.63, 3.8) is 0 Å². The van der Waals surface area contributed by atoms with Crippen LogP contribution in [-0.4, -0.2) is 6.04 Å². The third-order valence-corrected chi connectivity index (χ3v) is 3.12. The minimum atomic E-state index is -0.0365. The van der Waals surface area contributed by atoms with E-state index >= 15 is 0 Å². The van der Waals surface area contributed by atoms with Crippen LogP contribution in [0.1, 0.15) is 30.0 Å². The molecule has 1 heterocycles. The molecule has 1 nitrogen and oxygen atoms in total. The third-order valence-electron chi connectivity index (χ3n) is 3.12. The Hall–Kier alpha value is -0.890. The van der Waals surface area contributed by atoms with Gasteiger partial charge in [0.1, 0.15) is 5.82 Å². The van der Waals surface area contributed by atoms with Gasteiger partial charge in [-0.1, -0.05) is 13.0 Å². The second-order valence-electron chi connectivity index (χ2n) is 4.01. The summed E-state index contributed by atoms with van der Waals surface area (Å²) in [5.41, 5.74) is 3.29. The van der Waals surface area contributed by atoms with Gasteiger partial charge in [-0.2, -0.15) is 0 Å². The number of benzene rings is 1. The van der Waals surface area contributed by atoms with Crippen molar-refractivity contribution in [3.8, 4) is 0 Å². The monoisotopic (exact) mass is 193 g/mol. The Bertz CT molecular complexity index is 346. The van der Waals surface area contributed by atoms with Gasteiger partial charge in [-0.25, -0.2) is 4.39 Å². The zero-order valence-corrected chi connectivity index (χ0v) is 8.73. The van der Waals surface area contributed by atoms with Crippen molar-refractivity contribution in [1.82, 2.24) is 5.32 Å². The minimum absolute atomic E-state index is 0.0365. The van der Waals surface area contributed by atoms with Crippen LogP contribution < -0.4 is 5.32 Å². The molecule has 1 unspecified atom stereocenters. The van der Waals surface area contributed by atoms with Gasteiger partial charge in [0.25, 0.3) is 0 Å². The van der Waals surface area contributed by atoms with E-state index in [1.165, 1.54) is 5.56 Å². The third kappa shape index (κ3) is 1.55. The summed E-state index contributed by atoms with van der Waals surface area (Å²) in [5, 5.41) is 3.43. The molecule has 1 atom stereocenters. The molecule has 0 fully saturated rings. The zero-order chi connectivity index (χ0) is 10.1. The molecule has 0 aliphatic carbocycles. The van der Waals surface area contributed by atoms with Crippen molar-refractivity contribution >= 4 is 0 Å². The minimum Gasteiger partial charge on any atom is -0.310 e. The first-order valence-corrected chi connectivity index (χ1v) is 5.22. The lowest BCUT2D eigenvalue weighted by molar-refractivity contribution is 0.451. The molecule has 1 aromatic carbocycles. The van der Waals surface area contributed by atoms with Crippen LogP contribution in [0.5, 0.6) is 0 Å². The number of halogens is 1. The maximum atomic E-state index is 13.5. The molecule has 0 spiro atoms. The Kier molecular flexibility index (Phi) is 2.55. The smallest absolute Gasteiger partial charge is 0.126 e. The lowest BCUT2D eigenvalue weighted by atomic mass is 9.91. The summed E-state index contributed by atoms with van der Waals surface area (Å²) in [4.78, 5) is 0. The largest absolute Gasteiger partial charge is 0.310 e.